The van der Waals surface area contributed by atoms with Crippen LogP contribution in [0.15, 0.2) is 30.3 Å². The van der Waals surface area contributed by atoms with Gasteiger partial charge in [0.25, 0.3) is 0 Å². The van der Waals surface area contributed by atoms with Crippen molar-refractivity contribution in [3.63, 3.8) is 0 Å². The first-order valence-electron chi connectivity index (χ1n) is 6.71. The van der Waals surface area contributed by atoms with E-state index in [1.165, 1.54) is 5.56 Å². The molecule has 2 N–H and O–H groups in total. The highest BCUT2D eigenvalue weighted by Gasteiger charge is 2.17. The Kier molecular flexibility index (Phi) is 5.54. The minimum atomic E-state index is -0.312. The van der Waals surface area contributed by atoms with Gasteiger partial charge in [0.2, 0.25) is 0 Å². The highest BCUT2D eigenvalue weighted by molar-refractivity contribution is 5.83. The summed E-state index contributed by atoms with van der Waals surface area (Å²) >= 11 is 0. The van der Waals surface area contributed by atoms with Gasteiger partial charge in [-0.25, -0.2) is 0 Å². The van der Waals surface area contributed by atoms with E-state index >= 15 is 0 Å². The van der Waals surface area contributed by atoms with Crippen LogP contribution in [-0.4, -0.2) is 11.8 Å². The molecule has 0 spiro atoms. The molecule has 0 radical (unpaired) electrons. The molecule has 0 fully saturated rings. The molecule has 0 saturated carbocycles. The molecule has 1 aromatic carbocycles. The van der Waals surface area contributed by atoms with Gasteiger partial charge in [-0.15, -0.1) is 0 Å². The Bertz CT molecular complexity index is 364. The largest absolute Gasteiger partial charge is 0.321 e. The van der Waals surface area contributed by atoms with Crippen LogP contribution in [-0.2, 0) is 11.2 Å². The topological polar surface area (TPSA) is 43.1 Å². The van der Waals surface area contributed by atoms with Crippen LogP contribution in [0, 0.1) is 5.41 Å². The van der Waals surface area contributed by atoms with Gasteiger partial charge in [-0.1, -0.05) is 51.1 Å². The number of aryl methyl sites for hydroxylation is 1. The molecule has 0 aliphatic carbocycles. The normalized spacial score (nSPS) is 13.3. The third kappa shape index (κ3) is 5.97. The van der Waals surface area contributed by atoms with E-state index in [0.717, 1.165) is 19.3 Å². The molecular formula is C16H25NO. The van der Waals surface area contributed by atoms with Crippen molar-refractivity contribution >= 4 is 5.78 Å². The predicted molar refractivity (Wildman–Crippen MR) is 76.4 cm³/mol. The Morgan fingerprint density at radius 3 is 2.39 bits per heavy atom. The van der Waals surface area contributed by atoms with E-state index in [0.29, 0.717) is 6.42 Å². The standard InChI is InChI=1S/C16H25NO/c1-16(2,3)12-11-15(18)14(17)10-9-13-7-5-4-6-8-13/h4-8,14H,9-12,17H2,1-3H3/t14-/m0/s1. The number of hydrogen-bond acceptors (Lipinski definition) is 2. The Morgan fingerprint density at radius 1 is 1.22 bits per heavy atom. The van der Waals surface area contributed by atoms with Gasteiger partial charge in [-0.2, -0.15) is 0 Å². The highest BCUT2D eigenvalue weighted by atomic mass is 16.1. The Morgan fingerprint density at radius 2 is 1.83 bits per heavy atom. The molecule has 0 aliphatic heterocycles. The van der Waals surface area contributed by atoms with E-state index in [1.807, 2.05) is 18.2 Å². The van der Waals surface area contributed by atoms with Crippen LogP contribution in [0.4, 0.5) is 0 Å². The fourth-order valence-corrected chi connectivity index (χ4v) is 1.81. The van der Waals surface area contributed by atoms with E-state index in [1.54, 1.807) is 0 Å². The summed E-state index contributed by atoms with van der Waals surface area (Å²) in [7, 11) is 0. The van der Waals surface area contributed by atoms with Gasteiger partial charge < -0.3 is 5.73 Å². The minimum Gasteiger partial charge on any atom is -0.321 e. The van der Waals surface area contributed by atoms with Gasteiger partial charge >= 0.3 is 0 Å². The van der Waals surface area contributed by atoms with Crippen molar-refractivity contribution in [2.75, 3.05) is 0 Å². The first kappa shape index (κ1) is 14.9. The van der Waals surface area contributed by atoms with E-state index in [4.69, 9.17) is 5.73 Å². The molecule has 1 rings (SSSR count). The second-order valence-corrected chi connectivity index (χ2v) is 6.16. The summed E-state index contributed by atoms with van der Waals surface area (Å²) in [6.45, 7) is 6.45. The van der Waals surface area contributed by atoms with E-state index < -0.39 is 0 Å². The number of rotatable bonds is 6. The zero-order valence-corrected chi connectivity index (χ0v) is 11.8. The van der Waals surface area contributed by atoms with Crippen molar-refractivity contribution in [2.45, 2.75) is 52.5 Å². The zero-order valence-electron chi connectivity index (χ0n) is 11.8. The molecule has 2 nitrogen and oxygen atoms in total. The number of benzene rings is 1. The maximum absolute atomic E-state index is 11.9. The Labute approximate surface area is 111 Å². The minimum absolute atomic E-state index is 0.195. The average molecular weight is 247 g/mol. The van der Waals surface area contributed by atoms with Crippen LogP contribution in [0.5, 0.6) is 0 Å². The third-order valence-electron chi connectivity index (χ3n) is 3.12. The van der Waals surface area contributed by atoms with Gasteiger partial charge in [-0.05, 0) is 30.2 Å². The molecule has 18 heavy (non-hydrogen) atoms. The molecule has 2 heteroatoms. The van der Waals surface area contributed by atoms with Crippen molar-refractivity contribution in [2.24, 2.45) is 11.1 Å². The zero-order chi connectivity index (χ0) is 13.6. The van der Waals surface area contributed by atoms with Crippen LogP contribution in [0.1, 0.15) is 45.6 Å². The van der Waals surface area contributed by atoms with E-state index in [-0.39, 0.29) is 17.2 Å². The van der Waals surface area contributed by atoms with Crippen molar-refractivity contribution in [3.05, 3.63) is 35.9 Å². The Hall–Kier alpha value is -1.15. The van der Waals surface area contributed by atoms with Crippen molar-refractivity contribution < 1.29 is 4.79 Å². The fraction of sp³-hybridized carbons (Fsp3) is 0.562. The lowest BCUT2D eigenvalue weighted by Gasteiger charge is -2.18. The van der Waals surface area contributed by atoms with Crippen LogP contribution in [0.3, 0.4) is 0 Å². The molecule has 0 heterocycles. The molecule has 0 amide bonds. The van der Waals surface area contributed by atoms with Gasteiger partial charge in [0.1, 0.15) is 5.78 Å². The SMILES string of the molecule is CC(C)(C)CCC(=O)[C@@H](N)CCc1ccccc1. The summed E-state index contributed by atoms with van der Waals surface area (Å²) < 4.78 is 0. The number of ketones is 1. The number of carbonyl (C=O) groups is 1. The molecule has 0 aromatic heterocycles. The predicted octanol–water partition coefficient (Wildman–Crippen LogP) is 3.34. The summed E-state index contributed by atoms with van der Waals surface area (Å²) in [6.07, 6.45) is 3.13. The molecule has 0 unspecified atom stereocenters. The summed E-state index contributed by atoms with van der Waals surface area (Å²) in [5.74, 6) is 0.195. The molecule has 100 valence electrons. The maximum atomic E-state index is 11.9. The van der Waals surface area contributed by atoms with E-state index in [9.17, 15) is 4.79 Å². The van der Waals surface area contributed by atoms with Crippen molar-refractivity contribution in [1.82, 2.24) is 0 Å². The monoisotopic (exact) mass is 247 g/mol. The lowest BCUT2D eigenvalue weighted by atomic mass is 9.88. The molecule has 1 aromatic rings. The molecule has 0 saturated heterocycles. The van der Waals surface area contributed by atoms with E-state index in [2.05, 4.69) is 32.9 Å². The molecule has 0 aliphatic rings. The summed E-state index contributed by atoms with van der Waals surface area (Å²) in [5.41, 5.74) is 7.39. The fourth-order valence-electron chi connectivity index (χ4n) is 1.81. The molecular weight excluding hydrogens is 222 g/mol. The number of carbonyl (C=O) groups excluding carboxylic acids is 1. The van der Waals surface area contributed by atoms with Crippen LogP contribution in [0.2, 0.25) is 0 Å². The number of Topliss-reactive ketones (excluding diaryl/α,β-unsaturated/α-hetero) is 1. The number of hydrogen-bond donors (Lipinski definition) is 1. The quantitative estimate of drug-likeness (QED) is 0.837. The third-order valence-corrected chi connectivity index (χ3v) is 3.12. The van der Waals surface area contributed by atoms with Crippen LogP contribution in [0.25, 0.3) is 0 Å². The first-order chi connectivity index (χ1) is 8.38. The Balaban J connectivity index is 2.32. The lowest BCUT2D eigenvalue weighted by Crippen LogP contribution is -2.31. The van der Waals surface area contributed by atoms with Gasteiger partial charge in [0.05, 0.1) is 6.04 Å². The maximum Gasteiger partial charge on any atom is 0.149 e. The highest BCUT2D eigenvalue weighted by Crippen LogP contribution is 2.21. The van der Waals surface area contributed by atoms with Crippen LogP contribution >= 0.6 is 0 Å². The summed E-state index contributed by atoms with van der Waals surface area (Å²) in [5, 5.41) is 0. The van der Waals surface area contributed by atoms with Gasteiger partial charge in [0, 0.05) is 6.42 Å². The molecule has 0 bridgehead atoms. The van der Waals surface area contributed by atoms with Gasteiger partial charge in [0.15, 0.2) is 0 Å². The second kappa shape index (κ2) is 6.69. The average Bonchev–Trinajstić information content (AvgIpc) is 2.33. The smallest absolute Gasteiger partial charge is 0.149 e. The first-order valence-corrected chi connectivity index (χ1v) is 6.71. The lowest BCUT2D eigenvalue weighted by molar-refractivity contribution is -0.120. The number of nitrogens with two attached hydrogens (primary N) is 1. The van der Waals surface area contributed by atoms with Crippen molar-refractivity contribution in [1.29, 1.82) is 0 Å². The van der Waals surface area contributed by atoms with Gasteiger partial charge in [-0.3, -0.25) is 4.79 Å². The summed E-state index contributed by atoms with van der Waals surface area (Å²) in [4.78, 5) is 11.9. The van der Waals surface area contributed by atoms with Crippen molar-refractivity contribution in [3.8, 4) is 0 Å². The van der Waals surface area contributed by atoms with Crippen LogP contribution < -0.4 is 5.73 Å². The summed E-state index contributed by atoms with van der Waals surface area (Å²) in [6, 6.07) is 9.87. The molecule has 1 atom stereocenters. The second-order valence-electron chi connectivity index (χ2n) is 6.16.